The first-order valence-corrected chi connectivity index (χ1v) is 8.15. The lowest BCUT2D eigenvalue weighted by molar-refractivity contribution is 0.0985. The molecule has 0 radical (unpaired) electrons. The van der Waals surface area contributed by atoms with Gasteiger partial charge in [-0.05, 0) is 15.9 Å². The molecule has 2 heterocycles. The van der Waals surface area contributed by atoms with Crippen LogP contribution in [-0.4, -0.2) is 42.3 Å². The minimum Gasteiger partial charge on any atom is -0.291 e. The second kappa shape index (κ2) is 5.32. The highest BCUT2D eigenvalue weighted by Gasteiger charge is 2.33. The van der Waals surface area contributed by atoms with E-state index >= 15 is 0 Å². The van der Waals surface area contributed by atoms with E-state index in [0.29, 0.717) is 20.8 Å². The lowest BCUT2D eigenvalue weighted by atomic mass is 10.2. The van der Waals surface area contributed by atoms with Gasteiger partial charge in [0.15, 0.2) is 10.4 Å². The van der Waals surface area contributed by atoms with Crippen LogP contribution < -0.4 is 0 Å². The van der Waals surface area contributed by atoms with Gasteiger partial charge in [0.1, 0.15) is 5.69 Å². The average Bonchev–Trinajstić information content (AvgIpc) is 2.62. The van der Waals surface area contributed by atoms with Crippen LogP contribution in [0.4, 0.5) is 0 Å². The summed E-state index contributed by atoms with van der Waals surface area (Å²) in [4.78, 5) is 12.4. The first-order valence-electron chi connectivity index (χ1n) is 5.37. The maximum atomic E-state index is 12.4. The molecule has 0 amide bonds. The molecule has 1 aromatic heterocycles. The Labute approximate surface area is 117 Å². The SMILES string of the molecule is CC1SCC(C(=O)c2c(Br)nnn2C)SC1C. The van der Waals surface area contributed by atoms with E-state index in [0.717, 1.165) is 5.75 Å². The van der Waals surface area contributed by atoms with E-state index in [9.17, 15) is 4.79 Å². The summed E-state index contributed by atoms with van der Waals surface area (Å²) in [7, 11) is 1.75. The van der Waals surface area contributed by atoms with Gasteiger partial charge < -0.3 is 0 Å². The number of nitrogens with zero attached hydrogens (tertiary/aromatic N) is 3. The molecule has 0 N–H and O–H groups in total. The Morgan fingerprint density at radius 2 is 2.18 bits per heavy atom. The molecule has 1 aliphatic heterocycles. The largest absolute Gasteiger partial charge is 0.291 e. The summed E-state index contributed by atoms with van der Waals surface area (Å²) in [6, 6.07) is 0. The van der Waals surface area contributed by atoms with Crippen molar-refractivity contribution in [3.8, 4) is 0 Å². The zero-order valence-electron chi connectivity index (χ0n) is 9.88. The fourth-order valence-electron chi connectivity index (χ4n) is 1.67. The summed E-state index contributed by atoms with van der Waals surface area (Å²) in [6.45, 7) is 4.39. The Hall–Kier alpha value is -0.0100. The quantitative estimate of drug-likeness (QED) is 0.776. The molecule has 1 saturated heterocycles. The lowest BCUT2D eigenvalue weighted by Gasteiger charge is -2.30. The Kier molecular flexibility index (Phi) is 4.20. The van der Waals surface area contributed by atoms with Gasteiger partial charge in [-0.2, -0.15) is 11.8 Å². The molecule has 1 aliphatic rings. The fraction of sp³-hybridized carbons (Fsp3) is 0.700. The number of hydrogen-bond donors (Lipinski definition) is 0. The van der Waals surface area contributed by atoms with Crippen LogP contribution in [0, 0.1) is 0 Å². The van der Waals surface area contributed by atoms with Gasteiger partial charge in [0, 0.05) is 23.3 Å². The first kappa shape index (κ1) is 13.4. The number of halogens is 1. The monoisotopic (exact) mass is 335 g/mol. The summed E-state index contributed by atoms with van der Waals surface area (Å²) in [6.07, 6.45) is 0. The van der Waals surface area contributed by atoms with Gasteiger partial charge in [0.2, 0.25) is 0 Å². The van der Waals surface area contributed by atoms with Crippen molar-refractivity contribution >= 4 is 45.2 Å². The maximum Gasteiger partial charge on any atom is 0.197 e. The summed E-state index contributed by atoms with van der Waals surface area (Å²) >= 11 is 6.90. The zero-order chi connectivity index (χ0) is 12.6. The van der Waals surface area contributed by atoms with Crippen LogP contribution in [0.2, 0.25) is 0 Å². The van der Waals surface area contributed by atoms with Crippen molar-refractivity contribution in [3.05, 3.63) is 10.3 Å². The van der Waals surface area contributed by atoms with Gasteiger partial charge in [-0.1, -0.05) is 19.1 Å². The predicted molar refractivity (Wildman–Crippen MR) is 75.8 cm³/mol. The number of Topliss-reactive ketones (excluding diaryl/α,β-unsaturated/α-hetero) is 1. The number of carbonyl (C=O) groups excluding carboxylic acids is 1. The molecule has 4 nitrogen and oxygen atoms in total. The Morgan fingerprint density at radius 3 is 2.71 bits per heavy atom. The zero-order valence-corrected chi connectivity index (χ0v) is 13.1. The third-order valence-corrected chi connectivity index (χ3v) is 6.79. The molecule has 7 heteroatoms. The second-order valence-electron chi connectivity index (χ2n) is 4.09. The van der Waals surface area contributed by atoms with Crippen LogP contribution in [-0.2, 0) is 7.05 Å². The molecule has 3 unspecified atom stereocenters. The molecule has 94 valence electrons. The highest BCUT2D eigenvalue weighted by Crippen LogP contribution is 2.37. The van der Waals surface area contributed by atoms with Gasteiger partial charge in [0.05, 0.1) is 5.25 Å². The summed E-state index contributed by atoms with van der Waals surface area (Å²) in [5.41, 5.74) is 0.574. The van der Waals surface area contributed by atoms with Gasteiger partial charge in [-0.3, -0.25) is 4.79 Å². The van der Waals surface area contributed by atoms with E-state index in [1.165, 1.54) is 0 Å². The van der Waals surface area contributed by atoms with Crippen molar-refractivity contribution in [3.63, 3.8) is 0 Å². The number of hydrogen-bond acceptors (Lipinski definition) is 5. The summed E-state index contributed by atoms with van der Waals surface area (Å²) in [5.74, 6) is 0.993. The first-order chi connectivity index (χ1) is 8.00. The van der Waals surface area contributed by atoms with Crippen molar-refractivity contribution in [2.45, 2.75) is 29.6 Å². The van der Waals surface area contributed by atoms with Crippen molar-refractivity contribution in [1.29, 1.82) is 0 Å². The maximum absolute atomic E-state index is 12.4. The molecule has 1 fully saturated rings. The highest BCUT2D eigenvalue weighted by atomic mass is 79.9. The van der Waals surface area contributed by atoms with Crippen LogP contribution in [0.5, 0.6) is 0 Å². The topological polar surface area (TPSA) is 47.8 Å². The van der Waals surface area contributed by atoms with Crippen LogP contribution >= 0.6 is 39.5 Å². The van der Waals surface area contributed by atoms with Crippen LogP contribution in [0.15, 0.2) is 4.60 Å². The van der Waals surface area contributed by atoms with Gasteiger partial charge in [-0.15, -0.1) is 16.9 Å². The summed E-state index contributed by atoms with van der Waals surface area (Å²) in [5, 5.41) is 8.83. The van der Waals surface area contributed by atoms with E-state index in [-0.39, 0.29) is 11.0 Å². The molecule has 1 aromatic rings. The fourth-order valence-corrected chi connectivity index (χ4v) is 5.04. The minimum atomic E-state index is 0.0136. The van der Waals surface area contributed by atoms with Crippen molar-refractivity contribution in [2.75, 3.05) is 5.75 Å². The Bertz CT molecular complexity index is 418. The molecular weight excluding hydrogens is 322 g/mol. The number of rotatable bonds is 2. The third kappa shape index (κ3) is 2.71. The van der Waals surface area contributed by atoms with E-state index in [4.69, 9.17) is 0 Å². The standard InChI is InChI=1S/C10H14BrN3OS2/c1-5-6(2)17-7(4-16-5)9(15)8-10(11)12-13-14(8)3/h5-7H,4H2,1-3H3. The van der Waals surface area contributed by atoms with Gasteiger partial charge in [-0.25, -0.2) is 4.68 Å². The molecule has 0 aromatic carbocycles. The second-order valence-corrected chi connectivity index (χ2v) is 7.83. The smallest absolute Gasteiger partial charge is 0.197 e. The number of ketones is 1. The van der Waals surface area contributed by atoms with Gasteiger partial charge in [0.25, 0.3) is 0 Å². The van der Waals surface area contributed by atoms with Crippen molar-refractivity contribution in [1.82, 2.24) is 15.0 Å². The molecular formula is C10H14BrN3OS2. The van der Waals surface area contributed by atoms with E-state index < -0.39 is 0 Å². The molecule has 3 atom stereocenters. The Balaban J connectivity index is 2.16. The molecule has 0 bridgehead atoms. The lowest BCUT2D eigenvalue weighted by Crippen LogP contribution is -2.32. The van der Waals surface area contributed by atoms with Crippen LogP contribution in [0.25, 0.3) is 0 Å². The van der Waals surface area contributed by atoms with Crippen molar-refractivity contribution in [2.24, 2.45) is 7.05 Å². The predicted octanol–water partition coefficient (Wildman–Crippen LogP) is 2.39. The van der Waals surface area contributed by atoms with Crippen molar-refractivity contribution < 1.29 is 4.79 Å². The number of carbonyl (C=O) groups is 1. The van der Waals surface area contributed by atoms with Crippen LogP contribution in [0.3, 0.4) is 0 Å². The average molecular weight is 336 g/mol. The highest BCUT2D eigenvalue weighted by molar-refractivity contribution is 9.10. The number of aryl methyl sites for hydroxylation is 1. The van der Waals surface area contributed by atoms with E-state index in [1.54, 1.807) is 23.5 Å². The molecule has 0 aliphatic carbocycles. The minimum absolute atomic E-state index is 0.0136. The number of aromatic nitrogens is 3. The molecule has 0 spiro atoms. The van der Waals surface area contributed by atoms with Crippen LogP contribution in [0.1, 0.15) is 24.3 Å². The molecule has 2 rings (SSSR count). The van der Waals surface area contributed by atoms with Gasteiger partial charge >= 0.3 is 0 Å². The third-order valence-electron chi connectivity index (χ3n) is 2.86. The summed E-state index contributed by atoms with van der Waals surface area (Å²) < 4.78 is 2.09. The molecule has 17 heavy (non-hydrogen) atoms. The van der Waals surface area contributed by atoms with E-state index in [1.807, 2.05) is 11.8 Å². The van der Waals surface area contributed by atoms with E-state index in [2.05, 4.69) is 40.1 Å². The Morgan fingerprint density at radius 1 is 1.47 bits per heavy atom. The molecule has 0 saturated carbocycles. The normalized spacial score (nSPS) is 29.3. The number of thioether (sulfide) groups is 2.